The number of nitrogens with two attached hydrogens (primary N) is 1. The molecule has 17 heavy (non-hydrogen) atoms. The van der Waals surface area contributed by atoms with Crippen molar-refractivity contribution >= 4 is 11.6 Å². The molecule has 4 heteroatoms. The molecule has 0 unspecified atom stereocenters. The first-order chi connectivity index (χ1) is 8.13. The van der Waals surface area contributed by atoms with E-state index in [2.05, 4.69) is 18.3 Å². The summed E-state index contributed by atoms with van der Waals surface area (Å²) in [6, 6.07) is 7.43. The summed E-state index contributed by atoms with van der Waals surface area (Å²) in [6.45, 7) is 2.97. The molecule has 1 aromatic rings. The number of halogens is 1. The van der Waals surface area contributed by atoms with Gasteiger partial charge in [0.2, 0.25) is 0 Å². The van der Waals surface area contributed by atoms with Gasteiger partial charge in [-0.2, -0.15) is 0 Å². The molecule has 1 aromatic carbocycles. The molecule has 0 saturated carbocycles. The summed E-state index contributed by atoms with van der Waals surface area (Å²) in [5, 5.41) is 3.83. The molecule has 0 spiro atoms. The Bertz CT molecular complexity index is 402. The smallest absolute Gasteiger partial charge is 0.119 e. The number of hydrogen-bond acceptors (Lipinski definition) is 3. The summed E-state index contributed by atoms with van der Waals surface area (Å²) in [7, 11) is 0. The third-order valence-corrected chi connectivity index (χ3v) is 3.02. The van der Waals surface area contributed by atoms with Crippen molar-refractivity contribution in [3.05, 3.63) is 41.2 Å². The average molecular weight is 253 g/mol. The van der Waals surface area contributed by atoms with Crippen LogP contribution in [0.5, 0.6) is 5.75 Å². The normalized spacial score (nSPS) is 20.6. The molecule has 0 aromatic heterocycles. The quantitative estimate of drug-likeness (QED) is 0.866. The molecule has 2 rings (SSSR count). The van der Waals surface area contributed by atoms with Gasteiger partial charge in [-0.1, -0.05) is 11.6 Å². The maximum Gasteiger partial charge on any atom is 0.119 e. The molecule has 0 amide bonds. The fraction of sp³-hybridized carbons (Fsp3) is 0.385. The van der Waals surface area contributed by atoms with Gasteiger partial charge >= 0.3 is 0 Å². The van der Waals surface area contributed by atoms with Gasteiger partial charge in [-0.25, -0.2) is 0 Å². The van der Waals surface area contributed by atoms with Crippen molar-refractivity contribution < 1.29 is 4.74 Å². The molecule has 3 N–H and O–H groups in total. The van der Waals surface area contributed by atoms with E-state index in [9.17, 15) is 0 Å². The standard InChI is InChI=1S/C13H17ClN2O/c1-9(6-10-7-13(15)16-8-10)17-12-4-2-11(14)3-5-12/h2-5,7,9-10,16H,6,8,15H2,1H3/t9-,10-/m0/s1. The van der Waals surface area contributed by atoms with E-state index in [1.54, 1.807) is 0 Å². The van der Waals surface area contributed by atoms with E-state index >= 15 is 0 Å². The Kier molecular flexibility index (Phi) is 3.79. The summed E-state index contributed by atoms with van der Waals surface area (Å²) in [5.41, 5.74) is 5.66. The zero-order valence-electron chi connectivity index (χ0n) is 9.82. The Labute approximate surface area is 107 Å². The minimum absolute atomic E-state index is 0.158. The highest BCUT2D eigenvalue weighted by molar-refractivity contribution is 6.30. The number of hydrogen-bond donors (Lipinski definition) is 2. The highest BCUT2D eigenvalue weighted by Crippen LogP contribution is 2.20. The van der Waals surface area contributed by atoms with Crippen molar-refractivity contribution in [3.8, 4) is 5.75 Å². The Morgan fingerprint density at radius 3 is 2.76 bits per heavy atom. The van der Waals surface area contributed by atoms with Gasteiger partial charge in [0.05, 0.1) is 11.9 Å². The molecule has 0 bridgehead atoms. The van der Waals surface area contributed by atoms with E-state index in [1.165, 1.54) is 0 Å². The van der Waals surface area contributed by atoms with Crippen LogP contribution < -0.4 is 15.8 Å². The van der Waals surface area contributed by atoms with Crippen LogP contribution in [-0.4, -0.2) is 12.6 Å². The van der Waals surface area contributed by atoms with Crippen molar-refractivity contribution in [2.24, 2.45) is 11.7 Å². The Morgan fingerprint density at radius 2 is 2.18 bits per heavy atom. The molecular weight excluding hydrogens is 236 g/mol. The third kappa shape index (κ3) is 3.56. The number of ether oxygens (including phenoxy) is 1. The van der Waals surface area contributed by atoms with Crippen LogP contribution in [0.4, 0.5) is 0 Å². The maximum atomic E-state index is 5.82. The fourth-order valence-electron chi connectivity index (χ4n) is 1.99. The third-order valence-electron chi connectivity index (χ3n) is 2.77. The van der Waals surface area contributed by atoms with E-state index in [0.29, 0.717) is 5.92 Å². The predicted molar refractivity (Wildman–Crippen MR) is 69.9 cm³/mol. The first-order valence-electron chi connectivity index (χ1n) is 5.77. The Hall–Kier alpha value is -1.35. The van der Waals surface area contributed by atoms with Crippen molar-refractivity contribution in [3.63, 3.8) is 0 Å². The number of benzene rings is 1. The molecule has 1 aliphatic heterocycles. The zero-order valence-corrected chi connectivity index (χ0v) is 10.6. The van der Waals surface area contributed by atoms with Gasteiger partial charge in [0.15, 0.2) is 0 Å². The van der Waals surface area contributed by atoms with Gasteiger partial charge in [-0.15, -0.1) is 0 Å². The van der Waals surface area contributed by atoms with Crippen LogP contribution in [0.1, 0.15) is 13.3 Å². The minimum Gasteiger partial charge on any atom is -0.491 e. The SMILES string of the molecule is C[C@@H](C[C@H]1C=C(N)NC1)Oc1ccc(Cl)cc1. The lowest BCUT2D eigenvalue weighted by atomic mass is 10.0. The molecule has 92 valence electrons. The summed E-state index contributed by atoms with van der Waals surface area (Å²) < 4.78 is 5.81. The molecule has 0 fully saturated rings. The summed E-state index contributed by atoms with van der Waals surface area (Å²) in [4.78, 5) is 0. The van der Waals surface area contributed by atoms with Crippen molar-refractivity contribution in [1.82, 2.24) is 5.32 Å². The minimum atomic E-state index is 0.158. The topological polar surface area (TPSA) is 47.3 Å². The van der Waals surface area contributed by atoms with Crippen LogP contribution in [0.2, 0.25) is 5.02 Å². The number of nitrogens with one attached hydrogen (secondary N) is 1. The lowest BCUT2D eigenvalue weighted by molar-refractivity contribution is 0.197. The predicted octanol–water partition coefficient (Wildman–Crippen LogP) is 2.52. The van der Waals surface area contributed by atoms with E-state index in [-0.39, 0.29) is 6.10 Å². The van der Waals surface area contributed by atoms with Crippen LogP contribution in [0.25, 0.3) is 0 Å². The largest absolute Gasteiger partial charge is 0.491 e. The second kappa shape index (κ2) is 5.32. The zero-order chi connectivity index (χ0) is 12.3. The summed E-state index contributed by atoms with van der Waals surface area (Å²) in [5.74, 6) is 2.08. The fourth-order valence-corrected chi connectivity index (χ4v) is 2.12. The van der Waals surface area contributed by atoms with Crippen molar-refractivity contribution in [1.29, 1.82) is 0 Å². The first-order valence-corrected chi connectivity index (χ1v) is 6.14. The molecular formula is C13H17ClN2O. The van der Waals surface area contributed by atoms with Gasteiger partial charge in [-0.05, 0) is 43.7 Å². The molecule has 3 nitrogen and oxygen atoms in total. The average Bonchev–Trinajstić information content (AvgIpc) is 2.67. The van der Waals surface area contributed by atoms with Gasteiger partial charge in [-0.3, -0.25) is 0 Å². The van der Waals surface area contributed by atoms with Crippen LogP contribution in [-0.2, 0) is 0 Å². The molecule has 0 radical (unpaired) electrons. The van der Waals surface area contributed by atoms with E-state index < -0.39 is 0 Å². The summed E-state index contributed by atoms with van der Waals surface area (Å²) >= 11 is 5.82. The van der Waals surface area contributed by atoms with Crippen molar-refractivity contribution in [2.45, 2.75) is 19.4 Å². The number of rotatable bonds is 4. The highest BCUT2D eigenvalue weighted by atomic mass is 35.5. The Balaban J connectivity index is 1.85. The monoisotopic (exact) mass is 252 g/mol. The molecule has 1 aliphatic rings. The van der Waals surface area contributed by atoms with Crippen LogP contribution in [0, 0.1) is 5.92 Å². The van der Waals surface area contributed by atoms with Gasteiger partial charge in [0.25, 0.3) is 0 Å². The first kappa shape index (κ1) is 12.1. The van der Waals surface area contributed by atoms with Gasteiger partial charge < -0.3 is 15.8 Å². The molecule has 1 heterocycles. The van der Waals surface area contributed by atoms with Crippen LogP contribution in [0.15, 0.2) is 36.2 Å². The molecule has 0 saturated heterocycles. The lowest BCUT2D eigenvalue weighted by Gasteiger charge is -2.17. The molecule has 2 atom stereocenters. The summed E-state index contributed by atoms with van der Waals surface area (Å²) in [6.07, 6.45) is 3.17. The van der Waals surface area contributed by atoms with Crippen molar-refractivity contribution in [2.75, 3.05) is 6.54 Å². The second-order valence-electron chi connectivity index (χ2n) is 4.38. The molecule has 0 aliphatic carbocycles. The van der Waals surface area contributed by atoms with Gasteiger partial charge in [0.1, 0.15) is 5.75 Å². The highest BCUT2D eigenvalue weighted by Gasteiger charge is 2.17. The second-order valence-corrected chi connectivity index (χ2v) is 4.82. The van der Waals surface area contributed by atoms with E-state index in [4.69, 9.17) is 22.1 Å². The maximum absolute atomic E-state index is 5.82. The van der Waals surface area contributed by atoms with Crippen LogP contribution in [0.3, 0.4) is 0 Å². The lowest BCUT2D eigenvalue weighted by Crippen LogP contribution is -2.20. The van der Waals surface area contributed by atoms with E-state index in [1.807, 2.05) is 24.3 Å². The Morgan fingerprint density at radius 1 is 1.47 bits per heavy atom. The van der Waals surface area contributed by atoms with Gasteiger partial charge in [0, 0.05) is 17.5 Å². The van der Waals surface area contributed by atoms with E-state index in [0.717, 1.165) is 29.6 Å². The van der Waals surface area contributed by atoms with Crippen LogP contribution >= 0.6 is 11.6 Å².